The number of benzene rings is 2. The van der Waals surface area contributed by atoms with Crippen molar-refractivity contribution in [3.63, 3.8) is 0 Å². The zero-order chi connectivity index (χ0) is 16.8. The van der Waals surface area contributed by atoms with Crippen LogP contribution in [0.5, 0.6) is 0 Å². The molecule has 5 heteroatoms. The summed E-state index contributed by atoms with van der Waals surface area (Å²) < 4.78 is 24.7. The fraction of sp³-hybridized carbons (Fsp3) is 0.368. The summed E-state index contributed by atoms with van der Waals surface area (Å²) in [4.78, 5) is 5.10. The molecule has 3 rings (SSSR count). The molecule has 0 aliphatic carbocycles. The number of hydrogen-bond acceptors (Lipinski definition) is 4. The third kappa shape index (κ3) is 4.66. The number of hydrogen-bond donors (Lipinski definition) is 0. The minimum absolute atomic E-state index is 0.190. The fourth-order valence-corrected chi connectivity index (χ4v) is 4.31. The second-order valence-electron chi connectivity index (χ2n) is 6.24. The lowest BCUT2D eigenvalue weighted by molar-refractivity contribution is 0.132. The first-order valence-electron chi connectivity index (χ1n) is 8.40. The number of piperazine rings is 1. The highest BCUT2D eigenvalue weighted by atomic mass is 32.2. The lowest BCUT2D eigenvalue weighted by atomic mass is 10.2. The highest BCUT2D eigenvalue weighted by Gasteiger charge is 2.20. The zero-order valence-electron chi connectivity index (χ0n) is 13.8. The van der Waals surface area contributed by atoms with Gasteiger partial charge in [0.25, 0.3) is 0 Å². The van der Waals surface area contributed by atoms with Crippen LogP contribution < -0.4 is 0 Å². The molecule has 128 valence electrons. The van der Waals surface area contributed by atoms with Gasteiger partial charge in [0.15, 0.2) is 9.84 Å². The van der Waals surface area contributed by atoms with Crippen LogP contribution in [0.4, 0.5) is 0 Å². The molecule has 4 nitrogen and oxygen atoms in total. The predicted molar refractivity (Wildman–Crippen MR) is 96.7 cm³/mol. The molecule has 1 heterocycles. The van der Waals surface area contributed by atoms with E-state index in [4.69, 9.17) is 0 Å². The Kier molecular flexibility index (Phi) is 5.66. The Morgan fingerprint density at radius 1 is 0.750 bits per heavy atom. The molecule has 0 unspecified atom stereocenters. The van der Waals surface area contributed by atoms with Crippen molar-refractivity contribution in [2.75, 3.05) is 38.5 Å². The van der Waals surface area contributed by atoms with Crippen molar-refractivity contribution < 1.29 is 8.42 Å². The van der Waals surface area contributed by atoms with Crippen LogP contribution in [0.1, 0.15) is 5.56 Å². The molecule has 0 atom stereocenters. The van der Waals surface area contributed by atoms with Gasteiger partial charge in [0, 0.05) is 39.3 Å². The summed E-state index contributed by atoms with van der Waals surface area (Å²) in [5, 5.41) is 0. The second-order valence-corrected chi connectivity index (χ2v) is 8.34. The fourth-order valence-electron chi connectivity index (χ4n) is 3.01. The molecular weight excluding hydrogens is 320 g/mol. The first kappa shape index (κ1) is 17.1. The Balaban J connectivity index is 1.46. The molecule has 0 saturated carbocycles. The predicted octanol–water partition coefficient (Wildman–Crippen LogP) is 2.28. The minimum Gasteiger partial charge on any atom is -0.300 e. The standard InChI is InChI=1S/C19H24N2O2S/c22-24(23,19-9-5-2-6-10-19)16-15-20-11-13-21(14-12-20)17-18-7-3-1-4-8-18/h1-10H,11-17H2. The Morgan fingerprint density at radius 2 is 1.29 bits per heavy atom. The SMILES string of the molecule is O=S(=O)(CCN1CCN(Cc2ccccc2)CC1)c1ccccc1. The van der Waals surface area contributed by atoms with Gasteiger partial charge in [-0.15, -0.1) is 0 Å². The summed E-state index contributed by atoms with van der Waals surface area (Å²) in [7, 11) is -3.18. The first-order chi connectivity index (χ1) is 11.6. The average molecular weight is 344 g/mol. The van der Waals surface area contributed by atoms with Gasteiger partial charge >= 0.3 is 0 Å². The molecule has 1 aliphatic heterocycles. The molecule has 1 aliphatic rings. The molecule has 0 spiro atoms. The smallest absolute Gasteiger partial charge is 0.179 e. The summed E-state index contributed by atoms with van der Waals surface area (Å²) in [6.45, 7) is 5.41. The number of rotatable bonds is 6. The van der Waals surface area contributed by atoms with Gasteiger partial charge in [0.2, 0.25) is 0 Å². The van der Waals surface area contributed by atoms with E-state index in [0.717, 1.165) is 32.7 Å². The molecule has 0 amide bonds. The van der Waals surface area contributed by atoms with Crippen molar-refractivity contribution in [3.8, 4) is 0 Å². The Bertz CT molecular complexity index is 724. The van der Waals surface area contributed by atoms with Crippen molar-refractivity contribution >= 4 is 9.84 Å². The van der Waals surface area contributed by atoms with Crippen LogP contribution in [0.15, 0.2) is 65.6 Å². The third-order valence-electron chi connectivity index (χ3n) is 4.49. The van der Waals surface area contributed by atoms with Crippen molar-refractivity contribution in [3.05, 3.63) is 66.2 Å². The van der Waals surface area contributed by atoms with E-state index < -0.39 is 9.84 Å². The molecule has 1 fully saturated rings. The topological polar surface area (TPSA) is 40.6 Å². The quantitative estimate of drug-likeness (QED) is 0.806. The van der Waals surface area contributed by atoms with Crippen molar-refractivity contribution in [1.82, 2.24) is 9.80 Å². The van der Waals surface area contributed by atoms with Gasteiger partial charge in [-0.1, -0.05) is 48.5 Å². The van der Waals surface area contributed by atoms with Gasteiger partial charge in [-0.25, -0.2) is 8.42 Å². The van der Waals surface area contributed by atoms with Gasteiger partial charge < -0.3 is 0 Å². The van der Waals surface area contributed by atoms with E-state index in [1.165, 1.54) is 5.56 Å². The number of sulfone groups is 1. The summed E-state index contributed by atoms with van der Waals surface area (Å²) in [6, 6.07) is 19.2. The molecule has 0 bridgehead atoms. The molecule has 0 aromatic heterocycles. The summed E-state index contributed by atoms with van der Waals surface area (Å²) in [5.74, 6) is 0.190. The minimum atomic E-state index is -3.18. The van der Waals surface area contributed by atoms with Gasteiger partial charge in [0.05, 0.1) is 10.6 Å². The number of nitrogens with zero attached hydrogens (tertiary/aromatic N) is 2. The summed E-state index contributed by atoms with van der Waals surface area (Å²) in [5.41, 5.74) is 1.33. The van der Waals surface area contributed by atoms with Crippen LogP contribution in [-0.2, 0) is 16.4 Å². The van der Waals surface area contributed by atoms with E-state index in [2.05, 4.69) is 34.1 Å². The lowest BCUT2D eigenvalue weighted by Crippen LogP contribution is -2.47. The molecule has 0 N–H and O–H groups in total. The van der Waals surface area contributed by atoms with E-state index in [-0.39, 0.29) is 5.75 Å². The Labute approximate surface area is 144 Å². The van der Waals surface area contributed by atoms with Gasteiger partial charge in [0.1, 0.15) is 0 Å². The average Bonchev–Trinajstić information content (AvgIpc) is 2.63. The Morgan fingerprint density at radius 3 is 1.92 bits per heavy atom. The van der Waals surface area contributed by atoms with E-state index in [1.807, 2.05) is 12.1 Å². The largest absolute Gasteiger partial charge is 0.300 e. The summed E-state index contributed by atoms with van der Waals surface area (Å²) in [6.07, 6.45) is 0. The molecular formula is C19H24N2O2S. The maximum atomic E-state index is 12.3. The first-order valence-corrected chi connectivity index (χ1v) is 10.1. The van der Waals surface area contributed by atoms with E-state index >= 15 is 0 Å². The van der Waals surface area contributed by atoms with Crippen LogP contribution in [0, 0.1) is 0 Å². The monoisotopic (exact) mass is 344 g/mol. The molecule has 0 radical (unpaired) electrons. The summed E-state index contributed by atoms with van der Waals surface area (Å²) >= 11 is 0. The maximum Gasteiger partial charge on any atom is 0.179 e. The van der Waals surface area contributed by atoms with Crippen LogP contribution in [0.2, 0.25) is 0 Å². The van der Waals surface area contributed by atoms with Crippen molar-refractivity contribution in [2.45, 2.75) is 11.4 Å². The van der Waals surface area contributed by atoms with Crippen molar-refractivity contribution in [1.29, 1.82) is 0 Å². The highest BCUT2D eigenvalue weighted by Crippen LogP contribution is 2.12. The lowest BCUT2D eigenvalue weighted by Gasteiger charge is -2.34. The van der Waals surface area contributed by atoms with Crippen LogP contribution in [-0.4, -0.2) is 56.7 Å². The highest BCUT2D eigenvalue weighted by molar-refractivity contribution is 7.91. The molecule has 1 saturated heterocycles. The second kappa shape index (κ2) is 7.92. The van der Waals surface area contributed by atoms with Gasteiger partial charge in [-0.05, 0) is 17.7 Å². The molecule has 2 aromatic carbocycles. The Hall–Kier alpha value is -1.69. The maximum absolute atomic E-state index is 12.3. The van der Waals surface area contributed by atoms with Crippen molar-refractivity contribution in [2.24, 2.45) is 0 Å². The van der Waals surface area contributed by atoms with Crippen LogP contribution in [0.25, 0.3) is 0 Å². The zero-order valence-corrected chi connectivity index (χ0v) is 14.7. The van der Waals surface area contributed by atoms with Crippen LogP contribution >= 0.6 is 0 Å². The van der Waals surface area contributed by atoms with E-state index in [9.17, 15) is 8.42 Å². The van der Waals surface area contributed by atoms with Gasteiger partial charge in [-0.3, -0.25) is 9.80 Å². The third-order valence-corrected chi connectivity index (χ3v) is 6.20. The van der Waals surface area contributed by atoms with E-state index in [1.54, 1.807) is 24.3 Å². The molecule has 2 aromatic rings. The normalized spacial score (nSPS) is 17.0. The van der Waals surface area contributed by atoms with Gasteiger partial charge in [-0.2, -0.15) is 0 Å². The molecule has 24 heavy (non-hydrogen) atoms. The van der Waals surface area contributed by atoms with E-state index in [0.29, 0.717) is 11.4 Å². The van der Waals surface area contributed by atoms with Crippen LogP contribution in [0.3, 0.4) is 0 Å².